The van der Waals surface area contributed by atoms with Crippen molar-refractivity contribution in [1.82, 2.24) is 0 Å². The van der Waals surface area contributed by atoms with Crippen molar-refractivity contribution < 1.29 is 9.18 Å². The molecule has 0 atom stereocenters. The summed E-state index contributed by atoms with van der Waals surface area (Å²) in [6.07, 6.45) is 5.55. The zero-order valence-electron chi connectivity index (χ0n) is 9.92. The Kier molecular flexibility index (Phi) is 3.46. The monoisotopic (exact) mass is 235 g/mol. The minimum Gasteiger partial charge on any atom is -0.370 e. The van der Waals surface area contributed by atoms with Gasteiger partial charge >= 0.3 is 0 Å². The van der Waals surface area contributed by atoms with Crippen molar-refractivity contribution in [1.29, 1.82) is 0 Å². The van der Waals surface area contributed by atoms with Gasteiger partial charge in [-0.1, -0.05) is 31.4 Å². The second-order valence-electron chi connectivity index (χ2n) is 4.99. The number of rotatable bonds is 3. The third kappa shape index (κ3) is 2.65. The summed E-state index contributed by atoms with van der Waals surface area (Å²) in [5.74, 6) is -0.534. The summed E-state index contributed by atoms with van der Waals surface area (Å²) in [6, 6.07) is 6.61. The van der Waals surface area contributed by atoms with Gasteiger partial charge in [0.05, 0.1) is 0 Å². The molecular formula is C14H18FNO. The molecule has 1 fully saturated rings. The van der Waals surface area contributed by atoms with Gasteiger partial charge in [-0.15, -0.1) is 0 Å². The van der Waals surface area contributed by atoms with Crippen LogP contribution in [0.5, 0.6) is 0 Å². The van der Waals surface area contributed by atoms with Crippen molar-refractivity contribution in [3.8, 4) is 0 Å². The molecule has 1 aromatic carbocycles. The third-order valence-corrected chi connectivity index (χ3v) is 3.76. The van der Waals surface area contributed by atoms with Crippen LogP contribution in [0.2, 0.25) is 0 Å². The van der Waals surface area contributed by atoms with Crippen LogP contribution in [0.3, 0.4) is 0 Å². The lowest BCUT2D eigenvalue weighted by Crippen LogP contribution is -2.34. The molecule has 1 aliphatic carbocycles. The van der Waals surface area contributed by atoms with Crippen LogP contribution < -0.4 is 5.73 Å². The molecule has 0 spiro atoms. The third-order valence-electron chi connectivity index (χ3n) is 3.76. The standard InChI is InChI=1S/C14H18FNO/c15-12-6-4-5-11(9-12)14(10-13(16)17)7-2-1-3-8-14/h4-6,9H,1-3,7-8,10H2,(H2,16,17). The van der Waals surface area contributed by atoms with Gasteiger partial charge in [0.1, 0.15) is 5.82 Å². The van der Waals surface area contributed by atoms with E-state index in [0.717, 1.165) is 31.2 Å². The zero-order valence-corrected chi connectivity index (χ0v) is 9.92. The topological polar surface area (TPSA) is 43.1 Å². The second kappa shape index (κ2) is 4.86. The molecular weight excluding hydrogens is 217 g/mol. The summed E-state index contributed by atoms with van der Waals surface area (Å²) in [5.41, 5.74) is 6.05. The van der Waals surface area contributed by atoms with Gasteiger partial charge in [0.15, 0.2) is 0 Å². The molecule has 1 aromatic rings. The Hall–Kier alpha value is -1.38. The number of hydrogen-bond donors (Lipinski definition) is 1. The van der Waals surface area contributed by atoms with E-state index in [-0.39, 0.29) is 17.1 Å². The number of nitrogens with two attached hydrogens (primary N) is 1. The number of carbonyl (C=O) groups excluding carboxylic acids is 1. The Labute approximate surface area is 101 Å². The van der Waals surface area contributed by atoms with Gasteiger partial charge in [0.2, 0.25) is 5.91 Å². The molecule has 0 aliphatic heterocycles. The largest absolute Gasteiger partial charge is 0.370 e. The minimum atomic E-state index is -0.295. The maximum atomic E-state index is 13.3. The molecule has 0 aromatic heterocycles. The average molecular weight is 235 g/mol. The second-order valence-corrected chi connectivity index (χ2v) is 4.99. The first-order valence-corrected chi connectivity index (χ1v) is 6.17. The molecule has 2 nitrogen and oxygen atoms in total. The van der Waals surface area contributed by atoms with Crippen molar-refractivity contribution in [3.63, 3.8) is 0 Å². The Bertz CT molecular complexity index is 410. The average Bonchev–Trinajstić information content (AvgIpc) is 2.29. The van der Waals surface area contributed by atoms with E-state index >= 15 is 0 Å². The summed E-state index contributed by atoms with van der Waals surface area (Å²) in [6.45, 7) is 0. The van der Waals surface area contributed by atoms with Gasteiger partial charge in [-0.3, -0.25) is 4.79 Å². The number of hydrogen-bond acceptors (Lipinski definition) is 1. The predicted octanol–water partition coefficient (Wildman–Crippen LogP) is 2.90. The van der Waals surface area contributed by atoms with Crippen LogP contribution in [0.4, 0.5) is 4.39 Å². The van der Waals surface area contributed by atoms with Crippen LogP contribution >= 0.6 is 0 Å². The first kappa shape index (κ1) is 12.1. The first-order chi connectivity index (χ1) is 8.12. The van der Waals surface area contributed by atoms with Crippen LogP contribution in [0.1, 0.15) is 44.1 Å². The number of halogens is 1. The van der Waals surface area contributed by atoms with Crippen LogP contribution in [0.15, 0.2) is 24.3 Å². The molecule has 0 saturated heterocycles. The molecule has 3 heteroatoms. The van der Waals surface area contributed by atoms with E-state index in [2.05, 4.69) is 0 Å². The molecule has 1 amide bonds. The van der Waals surface area contributed by atoms with Gasteiger partial charge in [-0.2, -0.15) is 0 Å². The van der Waals surface area contributed by atoms with Crippen molar-refractivity contribution in [2.75, 3.05) is 0 Å². The normalized spacial score (nSPS) is 18.9. The highest BCUT2D eigenvalue weighted by molar-refractivity contribution is 5.75. The van der Waals surface area contributed by atoms with E-state index in [0.29, 0.717) is 6.42 Å². The fourth-order valence-corrected chi connectivity index (χ4v) is 2.95. The quantitative estimate of drug-likeness (QED) is 0.860. The van der Waals surface area contributed by atoms with Crippen molar-refractivity contribution in [2.45, 2.75) is 43.9 Å². The van der Waals surface area contributed by atoms with Crippen molar-refractivity contribution >= 4 is 5.91 Å². The Morgan fingerprint density at radius 2 is 2.00 bits per heavy atom. The van der Waals surface area contributed by atoms with E-state index in [1.165, 1.54) is 12.5 Å². The van der Waals surface area contributed by atoms with Crippen LogP contribution in [0.25, 0.3) is 0 Å². The van der Waals surface area contributed by atoms with E-state index in [4.69, 9.17) is 5.73 Å². The number of primary amides is 1. The smallest absolute Gasteiger partial charge is 0.218 e. The summed E-state index contributed by atoms with van der Waals surface area (Å²) in [5, 5.41) is 0. The fourth-order valence-electron chi connectivity index (χ4n) is 2.95. The highest BCUT2D eigenvalue weighted by Gasteiger charge is 2.35. The lowest BCUT2D eigenvalue weighted by atomic mass is 9.67. The SMILES string of the molecule is NC(=O)CC1(c2cccc(F)c2)CCCCC1. The van der Waals surface area contributed by atoms with Gasteiger partial charge in [0, 0.05) is 11.8 Å². The molecule has 2 rings (SSSR count). The van der Waals surface area contributed by atoms with Gasteiger partial charge < -0.3 is 5.73 Å². The number of benzene rings is 1. The Balaban J connectivity index is 2.35. The van der Waals surface area contributed by atoms with Gasteiger partial charge in [-0.05, 0) is 30.5 Å². The fraction of sp³-hybridized carbons (Fsp3) is 0.500. The molecule has 1 aliphatic rings. The predicted molar refractivity (Wildman–Crippen MR) is 65.0 cm³/mol. The summed E-state index contributed by atoms with van der Waals surface area (Å²) >= 11 is 0. The van der Waals surface area contributed by atoms with Gasteiger partial charge in [0.25, 0.3) is 0 Å². The van der Waals surface area contributed by atoms with E-state index in [9.17, 15) is 9.18 Å². The highest BCUT2D eigenvalue weighted by atomic mass is 19.1. The van der Waals surface area contributed by atoms with E-state index in [1.54, 1.807) is 12.1 Å². The first-order valence-electron chi connectivity index (χ1n) is 6.17. The summed E-state index contributed by atoms with van der Waals surface area (Å²) in [7, 11) is 0. The molecule has 0 bridgehead atoms. The summed E-state index contributed by atoms with van der Waals surface area (Å²) < 4.78 is 13.3. The molecule has 2 N–H and O–H groups in total. The zero-order chi connectivity index (χ0) is 12.3. The molecule has 0 heterocycles. The lowest BCUT2D eigenvalue weighted by molar-refractivity contribution is -0.119. The maximum absolute atomic E-state index is 13.3. The Morgan fingerprint density at radius 3 is 2.59 bits per heavy atom. The van der Waals surface area contributed by atoms with Crippen LogP contribution in [-0.2, 0) is 10.2 Å². The number of amides is 1. The molecule has 0 radical (unpaired) electrons. The van der Waals surface area contributed by atoms with Crippen LogP contribution in [-0.4, -0.2) is 5.91 Å². The number of carbonyl (C=O) groups is 1. The van der Waals surface area contributed by atoms with Crippen molar-refractivity contribution in [2.24, 2.45) is 5.73 Å². The lowest BCUT2D eigenvalue weighted by Gasteiger charge is -2.37. The van der Waals surface area contributed by atoms with Gasteiger partial charge in [-0.25, -0.2) is 4.39 Å². The molecule has 17 heavy (non-hydrogen) atoms. The molecule has 92 valence electrons. The van der Waals surface area contributed by atoms with Crippen LogP contribution in [0, 0.1) is 5.82 Å². The van der Waals surface area contributed by atoms with E-state index in [1.807, 2.05) is 6.07 Å². The van der Waals surface area contributed by atoms with E-state index < -0.39 is 0 Å². The Morgan fingerprint density at radius 1 is 1.29 bits per heavy atom. The highest BCUT2D eigenvalue weighted by Crippen LogP contribution is 2.42. The summed E-state index contributed by atoms with van der Waals surface area (Å²) in [4.78, 5) is 11.3. The molecule has 1 saturated carbocycles. The van der Waals surface area contributed by atoms with Crippen molar-refractivity contribution in [3.05, 3.63) is 35.6 Å². The molecule has 0 unspecified atom stereocenters. The minimum absolute atomic E-state index is 0.230. The maximum Gasteiger partial charge on any atom is 0.218 e.